The fourth-order valence-electron chi connectivity index (χ4n) is 1.56. The van der Waals surface area contributed by atoms with Gasteiger partial charge < -0.3 is 15.0 Å². The molecule has 7 heteroatoms. The van der Waals surface area contributed by atoms with Crippen LogP contribution in [0.15, 0.2) is 5.11 Å². The van der Waals surface area contributed by atoms with Crippen LogP contribution in [0.25, 0.3) is 10.4 Å². The van der Waals surface area contributed by atoms with E-state index in [1.165, 1.54) is 0 Å². The first kappa shape index (κ1) is 18.5. The van der Waals surface area contributed by atoms with Crippen molar-refractivity contribution in [1.29, 1.82) is 0 Å². The van der Waals surface area contributed by atoms with Crippen LogP contribution in [0.4, 0.5) is 4.79 Å². The molecule has 7 nitrogen and oxygen atoms in total. The number of carbonyl (C=O) groups is 1. The van der Waals surface area contributed by atoms with E-state index >= 15 is 0 Å². The molecule has 1 amide bonds. The van der Waals surface area contributed by atoms with Gasteiger partial charge >= 0.3 is 6.09 Å². The number of alkyl carbamates (subject to hydrolysis) is 1. The monoisotopic (exact) mass is 285 g/mol. The van der Waals surface area contributed by atoms with Crippen molar-refractivity contribution in [2.75, 3.05) is 26.7 Å². The molecule has 0 aromatic heterocycles. The number of amides is 1. The van der Waals surface area contributed by atoms with Crippen LogP contribution in [0, 0.1) is 0 Å². The maximum atomic E-state index is 11.4. The summed E-state index contributed by atoms with van der Waals surface area (Å²) in [5.74, 6) is 0. The van der Waals surface area contributed by atoms with Crippen molar-refractivity contribution < 1.29 is 9.53 Å². The second-order valence-electron chi connectivity index (χ2n) is 5.79. The molecule has 0 rings (SSSR count). The molecule has 0 aromatic rings. The van der Waals surface area contributed by atoms with E-state index in [1.807, 2.05) is 34.7 Å². The summed E-state index contributed by atoms with van der Waals surface area (Å²) in [6.45, 7) is 9.59. The van der Waals surface area contributed by atoms with E-state index in [9.17, 15) is 4.79 Å². The lowest BCUT2D eigenvalue weighted by Gasteiger charge is -2.21. The van der Waals surface area contributed by atoms with Crippen LogP contribution < -0.4 is 5.32 Å². The van der Waals surface area contributed by atoms with Crippen LogP contribution in [0.2, 0.25) is 0 Å². The molecule has 0 aliphatic heterocycles. The highest BCUT2D eigenvalue weighted by molar-refractivity contribution is 5.67. The zero-order valence-corrected chi connectivity index (χ0v) is 13.2. The minimum absolute atomic E-state index is 0.0428. The third kappa shape index (κ3) is 10.5. The average molecular weight is 285 g/mol. The Hall–Kier alpha value is -1.46. The van der Waals surface area contributed by atoms with E-state index in [-0.39, 0.29) is 6.04 Å². The number of azide groups is 1. The van der Waals surface area contributed by atoms with Gasteiger partial charge in [-0.05, 0) is 52.7 Å². The number of nitrogens with one attached hydrogen (secondary N) is 1. The van der Waals surface area contributed by atoms with Gasteiger partial charge in [0, 0.05) is 24.0 Å². The van der Waals surface area contributed by atoms with Crippen molar-refractivity contribution in [3.8, 4) is 0 Å². The van der Waals surface area contributed by atoms with Gasteiger partial charge in [0.15, 0.2) is 0 Å². The molecule has 0 spiro atoms. The van der Waals surface area contributed by atoms with Crippen LogP contribution in [0.5, 0.6) is 0 Å². The lowest BCUT2D eigenvalue weighted by atomic mass is 10.1. The quantitative estimate of drug-likeness (QED) is 0.422. The third-order valence-corrected chi connectivity index (χ3v) is 2.69. The third-order valence-electron chi connectivity index (χ3n) is 2.69. The van der Waals surface area contributed by atoms with Gasteiger partial charge in [-0.2, -0.15) is 0 Å². The second-order valence-corrected chi connectivity index (χ2v) is 5.79. The lowest BCUT2D eigenvalue weighted by Crippen LogP contribution is -2.37. The Morgan fingerprint density at radius 3 is 2.60 bits per heavy atom. The van der Waals surface area contributed by atoms with Crippen molar-refractivity contribution in [3.63, 3.8) is 0 Å². The summed E-state index contributed by atoms with van der Waals surface area (Å²) in [5, 5.41) is 6.44. The van der Waals surface area contributed by atoms with Crippen molar-refractivity contribution in [1.82, 2.24) is 10.2 Å². The molecule has 0 fully saturated rings. The molecule has 1 unspecified atom stereocenters. The summed E-state index contributed by atoms with van der Waals surface area (Å²) in [7, 11) is 1.97. The number of hydrogen-bond donors (Lipinski definition) is 1. The van der Waals surface area contributed by atoms with Crippen molar-refractivity contribution in [2.24, 2.45) is 5.11 Å². The predicted octanol–water partition coefficient (Wildman–Crippen LogP) is 2.92. The van der Waals surface area contributed by atoms with E-state index in [2.05, 4.69) is 20.2 Å². The summed E-state index contributed by atoms with van der Waals surface area (Å²) in [6, 6.07) is 0.0428. The summed E-state index contributed by atoms with van der Waals surface area (Å²) in [6.07, 6.45) is 1.27. The van der Waals surface area contributed by atoms with Gasteiger partial charge in [-0.15, -0.1) is 0 Å². The standard InChI is InChI=1S/C13H27N5O2/c1-6-11(16-17-14)7-9-18(5)10-8-15-12(19)20-13(2,3)4/h11H,6-10H2,1-5H3,(H,15,19). The number of hydrogen-bond acceptors (Lipinski definition) is 4. The van der Waals surface area contributed by atoms with Gasteiger partial charge in [0.25, 0.3) is 0 Å². The summed E-state index contributed by atoms with van der Waals surface area (Å²) in [4.78, 5) is 16.4. The molecule has 0 radical (unpaired) electrons. The minimum atomic E-state index is -0.473. The zero-order valence-electron chi connectivity index (χ0n) is 13.2. The van der Waals surface area contributed by atoms with Crippen LogP contribution in [0.1, 0.15) is 40.5 Å². The van der Waals surface area contributed by atoms with Crippen LogP contribution >= 0.6 is 0 Å². The van der Waals surface area contributed by atoms with Crippen LogP contribution in [0.3, 0.4) is 0 Å². The Morgan fingerprint density at radius 1 is 1.45 bits per heavy atom. The summed E-state index contributed by atoms with van der Waals surface area (Å²) >= 11 is 0. The molecule has 1 N–H and O–H groups in total. The van der Waals surface area contributed by atoms with Crippen LogP contribution in [-0.2, 0) is 4.74 Å². The number of ether oxygens (including phenoxy) is 1. The molecule has 0 saturated heterocycles. The number of carbonyl (C=O) groups excluding carboxylic acids is 1. The number of likely N-dealkylation sites (N-methyl/N-ethyl adjacent to an activating group) is 1. The molecular weight excluding hydrogens is 258 g/mol. The Morgan fingerprint density at radius 2 is 2.10 bits per heavy atom. The Balaban J connectivity index is 3.80. The fourth-order valence-corrected chi connectivity index (χ4v) is 1.56. The zero-order chi connectivity index (χ0) is 15.6. The maximum absolute atomic E-state index is 11.4. The average Bonchev–Trinajstić information content (AvgIpc) is 2.32. The van der Waals surface area contributed by atoms with Gasteiger partial charge in [0.1, 0.15) is 5.60 Å². The number of nitrogens with zero attached hydrogens (tertiary/aromatic N) is 4. The number of rotatable bonds is 8. The molecule has 0 aliphatic rings. The Kier molecular flexibility index (Phi) is 8.76. The summed E-state index contributed by atoms with van der Waals surface area (Å²) in [5.41, 5.74) is 7.94. The molecule has 0 heterocycles. The molecule has 0 aromatic carbocycles. The highest BCUT2D eigenvalue weighted by Crippen LogP contribution is 2.06. The molecule has 20 heavy (non-hydrogen) atoms. The van der Waals surface area contributed by atoms with E-state index in [4.69, 9.17) is 10.3 Å². The largest absolute Gasteiger partial charge is 0.444 e. The van der Waals surface area contributed by atoms with Crippen molar-refractivity contribution >= 4 is 6.09 Å². The maximum Gasteiger partial charge on any atom is 0.407 e. The summed E-state index contributed by atoms with van der Waals surface area (Å²) < 4.78 is 5.14. The smallest absolute Gasteiger partial charge is 0.407 e. The first-order valence-electron chi connectivity index (χ1n) is 6.98. The molecule has 1 atom stereocenters. The molecule has 0 aliphatic carbocycles. The van der Waals surface area contributed by atoms with Gasteiger partial charge in [-0.25, -0.2) is 4.79 Å². The van der Waals surface area contributed by atoms with Gasteiger partial charge in [-0.1, -0.05) is 12.0 Å². The Bertz CT molecular complexity index is 334. The predicted molar refractivity (Wildman–Crippen MR) is 79.6 cm³/mol. The molecule has 116 valence electrons. The Labute approximate surface area is 121 Å². The lowest BCUT2D eigenvalue weighted by molar-refractivity contribution is 0.0523. The van der Waals surface area contributed by atoms with Crippen LogP contribution in [-0.4, -0.2) is 49.3 Å². The van der Waals surface area contributed by atoms with Gasteiger partial charge in [-0.3, -0.25) is 0 Å². The SMILES string of the molecule is CCC(CCN(C)CCNC(=O)OC(C)(C)C)N=[N+]=[N-]. The van der Waals surface area contributed by atoms with Crippen molar-refractivity contribution in [2.45, 2.75) is 52.2 Å². The molecular formula is C13H27N5O2. The first-order chi connectivity index (χ1) is 9.28. The topological polar surface area (TPSA) is 90.3 Å². The highest BCUT2D eigenvalue weighted by atomic mass is 16.6. The van der Waals surface area contributed by atoms with E-state index < -0.39 is 11.7 Å². The molecule has 0 bridgehead atoms. The van der Waals surface area contributed by atoms with Gasteiger partial charge in [0.05, 0.1) is 0 Å². The van der Waals surface area contributed by atoms with Crippen molar-refractivity contribution in [3.05, 3.63) is 10.4 Å². The van der Waals surface area contributed by atoms with E-state index in [1.54, 1.807) is 0 Å². The van der Waals surface area contributed by atoms with E-state index in [0.717, 1.165) is 25.9 Å². The second kappa shape index (κ2) is 9.44. The fraction of sp³-hybridized carbons (Fsp3) is 0.923. The minimum Gasteiger partial charge on any atom is -0.444 e. The first-order valence-corrected chi connectivity index (χ1v) is 6.98. The highest BCUT2D eigenvalue weighted by Gasteiger charge is 2.15. The normalized spacial score (nSPS) is 12.7. The van der Waals surface area contributed by atoms with Gasteiger partial charge in [0.2, 0.25) is 0 Å². The molecule has 0 saturated carbocycles. The van der Waals surface area contributed by atoms with E-state index in [0.29, 0.717) is 6.54 Å².